The second kappa shape index (κ2) is 6.00. The van der Waals surface area contributed by atoms with Gasteiger partial charge < -0.3 is 14.6 Å². The van der Waals surface area contributed by atoms with Crippen LogP contribution in [0.25, 0.3) is 0 Å². The topological polar surface area (TPSA) is 45.5 Å². The minimum Gasteiger partial charge on any atom is -0.477 e. The van der Waals surface area contributed by atoms with E-state index in [9.17, 15) is 9.90 Å². The Hall–Kier alpha value is -1.29. The van der Waals surface area contributed by atoms with Crippen LogP contribution in [0.5, 0.6) is 0 Å². The average Bonchev–Trinajstić information content (AvgIpc) is 2.98. The van der Waals surface area contributed by atoms with Crippen molar-refractivity contribution < 1.29 is 9.90 Å². The Labute approximate surface area is 120 Å². The van der Waals surface area contributed by atoms with Crippen molar-refractivity contribution in [2.45, 2.75) is 57.0 Å². The lowest BCUT2D eigenvalue weighted by Crippen LogP contribution is -2.42. The van der Waals surface area contributed by atoms with Crippen molar-refractivity contribution >= 4 is 5.97 Å². The quantitative estimate of drug-likeness (QED) is 0.922. The van der Waals surface area contributed by atoms with E-state index in [4.69, 9.17) is 0 Å². The van der Waals surface area contributed by atoms with Gasteiger partial charge in [0.2, 0.25) is 0 Å². The van der Waals surface area contributed by atoms with Gasteiger partial charge in [0.15, 0.2) is 0 Å². The number of nitrogens with zero attached hydrogens (tertiary/aromatic N) is 2. The van der Waals surface area contributed by atoms with Gasteiger partial charge in [-0.3, -0.25) is 0 Å². The van der Waals surface area contributed by atoms with Crippen LogP contribution in [0, 0.1) is 0 Å². The fraction of sp³-hybridized carbons (Fsp3) is 0.688. The van der Waals surface area contributed by atoms with Gasteiger partial charge in [-0.1, -0.05) is 19.3 Å². The second-order valence-corrected chi connectivity index (χ2v) is 6.16. The number of hydrogen-bond donors (Lipinski definition) is 1. The van der Waals surface area contributed by atoms with Crippen LogP contribution in [-0.2, 0) is 0 Å². The first-order valence-corrected chi connectivity index (χ1v) is 7.90. The summed E-state index contributed by atoms with van der Waals surface area (Å²) in [5.74, 6) is -0.815. The van der Waals surface area contributed by atoms with Crippen molar-refractivity contribution in [3.8, 4) is 0 Å². The van der Waals surface area contributed by atoms with E-state index in [1.807, 2.05) is 16.8 Å². The number of rotatable bonds is 3. The summed E-state index contributed by atoms with van der Waals surface area (Å²) in [6.07, 6.45) is 10.9. The van der Waals surface area contributed by atoms with Crippen LogP contribution in [0.4, 0.5) is 0 Å². The average molecular weight is 276 g/mol. The summed E-state index contributed by atoms with van der Waals surface area (Å²) in [5.41, 5.74) is 0.432. The standard InChI is InChI=1S/C16H24N2O2/c19-16(20)15-7-4-10-18(15)14-8-11-17(12-9-14)13-5-2-1-3-6-13/h4,7,10,13-14H,1-3,5-6,8-9,11-12H2,(H,19,20). The van der Waals surface area contributed by atoms with Crippen molar-refractivity contribution in [1.82, 2.24) is 9.47 Å². The third kappa shape index (κ3) is 2.75. The first-order valence-electron chi connectivity index (χ1n) is 7.90. The summed E-state index contributed by atoms with van der Waals surface area (Å²) in [6.45, 7) is 2.24. The third-order valence-electron chi connectivity index (χ3n) is 4.98. The third-order valence-corrected chi connectivity index (χ3v) is 4.98. The molecule has 3 rings (SSSR count). The van der Waals surface area contributed by atoms with Gasteiger partial charge in [0.25, 0.3) is 0 Å². The zero-order valence-corrected chi connectivity index (χ0v) is 12.0. The van der Waals surface area contributed by atoms with Gasteiger partial charge in [0, 0.05) is 31.4 Å². The fourth-order valence-corrected chi connectivity index (χ4v) is 3.87. The molecule has 1 aromatic heterocycles. The highest BCUT2D eigenvalue weighted by Crippen LogP contribution is 2.29. The Morgan fingerprint density at radius 1 is 1.05 bits per heavy atom. The molecule has 1 aliphatic carbocycles. The van der Waals surface area contributed by atoms with E-state index in [1.165, 1.54) is 32.1 Å². The highest BCUT2D eigenvalue weighted by molar-refractivity contribution is 5.85. The lowest BCUT2D eigenvalue weighted by molar-refractivity contribution is 0.0672. The largest absolute Gasteiger partial charge is 0.477 e. The molecular formula is C16H24N2O2. The highest BCUT2D eigenvalue weighted by atomic mass is 16.4. The maximum Gasteiger partial charge on any atom is 0.352 e. The molecule has 0 amide bonds. The van der Waals surface area contributed by atoms with Crippen LogP contribution in [0.15, 0.2) is 18.3 Å². The summed E-state index contributed by atoms with van der Waals surface area (Å²) in [6, 6.07) is 4.69. The first-order chi connectivity index (χ1) is 9.75. The molecule has 2 fully saturated rings. The molecule has 1 aliphatic heterocycles. The molecule has 20 heavy (non-hydrogen) atoms. The highest BCUT2D eigenvalue weighted by Gasteiger charge is 2.27. The van der Waals surface area contributed by atoms with E-state index in [-0.39, 0.29) is 0 Å². The molecule has 2 heterocycles. The van der Waals surface area contributed by atoms with E-state index < -0.39 is 5.97 Å². The summed E-state index contributed by atoms with van der Waals surface area (Å²) in [5, 5.41) is 9.21. The molecule has 0 unspecified atom stereocenters. The van der Waals surface area contributed by atoms with Gasteiger partial charge in [0.05, 0.1) is 0 Å². The van der Waals surface area contributed by atoms with Gasteiger partial charge in [-0.2, -0.15) is 0 Å². The van der Waals surface area contributed by atoms with Crippen LogP contribution in [0.2, 0.25) is 0 Å². The van der Waals surface area contributed by atoms with Crippen LogP contribution < -0.4 is 0 Å². The maximum atomic E-state index is 11.2. The molecule has 1 saturated heterocycles. The van der Waals surface area contributed by atoms with Crippen molar-refractivity contribution in [1.29, 1.82) is 0 Å². The van der Waals surface area contributed by atoms with E-state index in [1.54, 1.807) is 6.07 Å². The number of carboxylic acids is 1. The molecule has 0 bridgehead atoms. The summed E-state index contributed by atoms with van der Waals surface area (Å²) >= 11 is 0. The Kier molecular flexibility index (Phi) is 4.10. The molecule has 4 nitrogen and oxygen atoms in total. The SMILES string of the molecule is O=C(O)c1cccn1C1CCN(C2CCCCC2)CC1. The number of hydrogen-bond acceptors (Lipinski definition) is 2. The molecule has 0 aromatic carbocycles. The molecule has 110 valence electrons. The maximum absolute atomic E-state index is 11.2. The number of carboxylic acid groups (broad SMARTS) is 1. The molecule has 0 radical (unpaired) electrons. The van der Waals surface area contributed by atoms with Gasteiger partial charge in [0.1, 0.15) is 5.69 Å². The van der Waals surface area contributed by atoms with Gasteiger partial charge in [-0.15, -0.1) is 0 Å². The van der Waals surface area contributed by atoms with E-state index >= 15 is 0 Å². The molecule has 1 aromatic rings. The molecule has 2 aliphatic rings. The molecule has 1 N–H and O–H groups in total. The zero-order valence-electron chi connectivity index (χ0n) is 12.0. The monoisotopic (exact) mass is 276 g/mol. The predicted molar refractivity (Wildman–Crippen MR) is 78.1 cm³/mol. The normalized spacial score (nSPS) is 23.0. The smallest absolute Gasteiger partial charge is 0.352 e. The summed E-state index contributed by atoms with van der Waals surface area (Å²) in [7, 11) is 0. The number of carbonyl (C=O) groups is 1. The molecule has 0 atom stereocenters. The Bertz CT molecular complexity index is 455. The Morgan fingerprint density at radius 2 is 1.75 bits per heavy atom. The fourth-order valence-electron chi connectivity index (χ4n) is 3.87. The molecule has 0 spiro atoms. The van der Waals surface area contributed by atoms with Crippen molar-refractivity contribution in [3.05, 3.63) is 24.0 Å². The first kappa shape index (κ1) is 13.7. The number of likely N-dealkylation sites (tertiary alicyclic amines) is 1. The van der Waals surface area contributed by atoms with Gasteiger partial charge in [-0.25, -0.2) is 4.79 Å². The van der Waals surface area contributed by atoms with Crippen LogP contribution in [0.3, 0.4) is 0 Å². The van der Waals surface area contributed by atoms with E-state index in [0.29, 0.717) is 11.7 Å². The second-order valence-electron chi connectivity index (χ2n) is 6.16. The number of aromatic nitrogens is 1. The van der Waals surface area contributed by atoms with Crippen molar-refractivity contribution in [2.24, 2.45) is 0 Å². The minimum atomic E-state index is -0.815. The molecule has 4 heteroatoms. The van der Waals surface area contributed by atoms with Gasteiger partial charge in [-0.05, 0) is 37.8 Å². The summed E-state index contributed by atoms with van der Waals surface area (Å²) in [4.78, 5) is 13.8. The molecular weight excluding hydrogens is 252 g/mol. The van der Waals surface area contributed by atoms with Gasteiger partial charge >= 0.3 is 5.97 Å². The van der Waals surface area contributed by atoms with Crippen LogP contribution in [0.1, 0.15) is 61.5 Å². The number of aromatic carboxylic acids is 1. The van der Waals surface area contributed by atoms with Crippen molar-refractivity contribution in [2.75, 3.05) is 13.1 Å². The lowest BCUT2D eigenvalue weighted by Gasteiger charge is -2.39. The van der Waals surface area contributed by atoms with Crippen LogP contribution >= 0.6 is 0 Å². The summed E-state index contributed by atoms with van der Waals surface area (Å²) < 4.78 is 1.96. The Morgan fingerprint density at radius 3 is 2.40 bits per heavy atom. The zero-order chi connectivity index (χ0) is 13.9. The van der Waals surface area contributed by atoms with Crippen molar-refractivity contribution in [3.63, 3.8) is 0 Å². The lowest BCUT2D eigenvalue weighted by atomic mass is 9.92. The number of piperidine rings is 1. The van der Waals surface area contributed by atoms with E-state index in [2.05, 4.69) is 4.90 Å². The van der Waals surface area contributed by atoms with E-state index in [0.717, 1.165) is 32.0 Å². The molecule has 1 saturated carbocycles. The predicted octanol–water partition coefficient (Wildman–Crippen LogP) is 3.16. The van der Waals surface area contributed by atoms with Crippen LogP contribution in [-0.4, -0.2) is 39.7 Å². The minimum absolute atomic E-state index is 0.357. The Balaban J connectivity index is 1.60.